The van der Waals surface area contributed by atoms with Gasteiger partial charge in [0.05, 0.1) is 11.7 Å². The lowest BCUT2D eigenvalue weighted by molar-refractivity contribution is 0.269. The van der Waals surface area contributed by atoms with E-state index in [9.17, 15) is 0 Å². The molecule has 4 nitrogen and oxygen atoms in total. The number of hydrogen-bond acceptors (Lipinski definition) is 5. The molecule has 0 saturated carbocycles. The molecule has 0 radical (unpaired) electrons. The highest BCUT2D eigenvalue weighted by molar-refractivity contribution is 6.99. The standard InChI is InChI=1S/C18H19N3OS/c1-2-6-14(7-3-1)8-5-11-22-18-17(19-23-20-18)16-13-21-10-4-9-15(16)12-21/h1-3,6-7,15-16H,4,9-13H2/t15-,16-/m0/s1. The highest BCUT2D eigenvalue weighted by Crippen LogP contribution is 2.40. The van der Waals surface area contributed by atoms with Gasteiger partial charge in [-0.15, -0.1) is 4.37 Å². The first-order valence-corrected chi connectivity index (χ1v) is 8.85. The molecule has 0 spiro atoms. The van der Waals surface area contributed by atoms with E-state index in [4.69, 9.17) is 4.74 Å². The van der Waals surface area contributed by atoms with Crippen molar-refractivity contribution >= 4 is 11.7 Å². The van der Waals surface area contributed by atoms with Gasteiger partial charge < -0.3 is 9.64 Å². The van der Waals surface area contributed by atoms with Crippen molar-refractivity contribution in [3.05, 3.63) is 41.6 Å². The number of nitrogens with zero attached hydrogens (tertiary/aromatic N) is 3. The molecule has 23 heavy (non-hydrogen) atoms. The summed E-state index contributed by atoms with van der Waals surface area (Å²) in [7, 11) is 0. The van der Waals surface area contributed by atoms with E-state index in [2.05, 4.69) is 25.5 Å². The first-order valence-electron chi connectivity index (χ1n) is 8.11. The summed E-state index contributed by atoms with van der Waals surface area (Å²) < 4.78 is 14.7. The SMILES string of the molecule is C(#Cc1ccccc1)COc1nsnc1[C@H]1CN2CCC[C@H]1C2. The predicted molar refractivity (Wildman–Crippen MR) is 90.6 cm³/mol. The lowest BCUT2D eigenvalue weighted by Gasteiger charge is -2.21. The summed E-state index contributed by atoms with van der Waals surface area (Å²) in [4.78, 5) is 2.54. The minimum atomic E-state index is 0.356. The maximum absolute atomic E-state index is 5.80. The van der Waals surface area contributed by atoms with Gasteiger partial charge in [-0.25, -0.2) is 0 Å². The van der Waals surface area contributed by atoms with Crippen molar-refractivity contribution < 1.29 is 4.74 Å². The molecule has 0 aliphatic carbocycles. The first kappa shape index (κ1) is 14.7. The second-order valence-electron chi connectivity index (χ2n) is 6.18. The number of ether oxygens (including phenoxy) is 1. The minimum Gasteiger partial charge on any atom is -0.463 e. The van der Waals surface area contributed by atoms with Gasteiger partial charge in [-0.2, -0.15) is 4.37 Å². The Morgan fingerprint density at radius 2 is 2.13 bits per heavy atom. The molecular weight excluding hydrogens is 306 g/mol. The summed E-state index contributed by atoms with van der Waals surface area (Å²) in [6.07, 6.45) is 2.60. The smallest absolute Gasteiger partial charge is 0.250 e. The van der Waals surface area contributed by atoms with E-state index >= 15 is 0 Å². The zero-order chi connectivity index (χ0) is 15.5. The third-order valence-corrected chi connectivity index (χ3v) is 5.21. The van der Waals surface area contributed by atoms with Crippen molar-refractivity contribution in [1.29, 1.82) is 0 Å². The Bertz CT molecular complexity index is 719. The number of piperidine rings is 1. The van der Waals surface area contributed by atoms with Crippen LogP contribution < -0.4 is 4.74 Å². The molecular formula is C18H19N3OS. The van der Waals surface area contributed by atoms with E-state index in [1.165, 1.54) is 37.7 Å². The second-order valence-corrected chi connectivity index (χ2v) is 6.71. The Labute approximate surface area is 140 Å². The third-order valence-electron chi connectivity index (χ3n) is 4.69. The fourth-order valence-corrected chi connectivity index (χ4v) is 4.16. The van der Waals surface area contributed by atoms with E-state index in [-0.39, 0.29) is 0 Å². The molecule has 2 fully saturated rings. The summed E-state index contributed by atoms with van der Waals surface area (Å²) in [5.74, 6) is 8.05. The molecule has 0 N–H and O–H groups in total. The van der Waals surface area contributed by atoms with Crippen LogP contribution in [0.25, 0.3) is 0 Å². The Kier molecular flexibility index (Phi) is 4.27. The fraction of sp³-hybridized carbons (Fsp3) is 0.444. The molecule has 0 amide bonds. The van der Waals surface area contributed by atoms with Crippen LogP contribution in [0.2, 0.25) is 0 Å². The maximum Gasteiger partial charge on any atom is 0.250 e. The first-order chi connectivity index (χ1) is 11.4. The lowest BCUT2D eigenvalue weighted by Crippen LogP contribution is -2.25. The van der Waals surface area contributed by atoms with Crippen molar-refractivity contribution in [3.63, 3.8) is 0 Å². The topological polar surface area (TPSA) is 38.3 Å². The average Bonchev–Trinajstić information content (AvgIpc) is 3.16. The zero-order valence-corrected chi connectivity index (χ0v) is 13.8. The Morgan fingerprint density at radius 3 is 3.00 bits per heavy atom. The molecule has 2 aliphatic rings. The average molecular weight is 325 g/mol. The van der Waals surface area contributed by atoms with Crippen molar-refractivity contribution in [2.24, 2.45) is 5.92 Å². The van der Waals surface area contributed by atoms with Gasteiger partial charge in [-0.05, 0) is 37.4 Å². The molecule has 2 aromatic rings. The van der Waals surface area contributed by atoms with E-state index in [0.717, 1.165) is 17.8 Å². The largest absolute Gasteiger partial charge is 0.463 e. The van der Waals surface area contributed by atoms with Gasteiger partial charge in [0, 0.05) is 24.6 Å². The third kappa shape index (κ3) is 3.24. The van der Waals surface area contributed by atoms with Crippen molar-refractivity contribution in [3.8, 4) is 17.7 Å². The van der Waals surface area contributed by atoms with Gasteiger partial charge in [-0.3, -0.25) is 0 Å². The van der Waals surface area contributed by atoms with Crippen LogP contribution in [0.3, 0.4) is 0 Å². The minimum absolute atomic E-state index is 0.356. The van der Waals surface area contributed by atoms with E-state index in [1.54, 1.807) is 0 Å². The van der Waals surface area contributed by atoms with E-state index in [0.29, 0.717) is 24.3 Å². The molecule has 2 saturated heterocycles. The van der Waals surface area contributed by atoms with Gasteiger partial charge in [0.15, 0.2) is 6.61 Å². The van der Waals surface area contributed by atoms with Gasteiger partial charge in [-0.1, -0.05) is 30.0 Å². The van der Waals surface area contributed by atoms with Crippen molar-refractivity contribution in [2.75, 3.05) is 26.2 Å². The number of benzene rings is 1. The van der Waals surface area contributed by atoms with Crippen LogP contribution in [-0.4, -0.2) is 39.9 Å². The molecule has 5 heteroatoms. The Morgan fingerprint density at radius 1 is 1.22 bits per heavy atom. The summed E-state index contributed by atoms with van der Waals surface area (Å²) in [5.41, 5.74) is 2.05. The summed E-state index contributed by atoms with van der Waals surface area (Å²) >= 11 is 1.25. The summed E-state index contributed by atoms with van der Waals surface area (Å²) in [5, 5.41) is 0. The van der Waals surface area contributed by atoms with Crippen LogP contribution in [0.5, 0.6) is 5.88 Å². The number of fused-ring (bicyclic) bond motifs is 2. The number of aromatic nitrogens is 2. The summed E-state index contributed by atoms with van der Waals surface area (Å²) in [6.45, 7) is 3.88. The lowest BCUT2D eigenvalue weighted by atomic mass is 9.89. The van der Waals surface area contributed by atoms with Gasteiger partial charge in [0.25, 0.3) is 0 Å². The highest BCUT2D eigenvalue weighted by atomic mass is 32.1. The van der Waals surface area contributed by atoms with Crippen LogP contribution in [0.4, 0.5) is 0 Å². The highest BCUT2D eigenvalue weighted by Gasteiger charge is 2.39. The number of rotatable bonds is 3. The second kappa shape index (κ2) is 6.69. The monoisotopic (exact) mass is 325 g/mol. The van der Waals surface area contributed by atoms with Crippen LogP contribution in [0.1, 0.15) is 30.0 Å². The predicted octanol–water partition coefficient (Wildman–Crippen LogP) is 2.78. The molecule has 1 unspecified atom stereocenters. The Balaban J connectivity index is 1.41. The van der Waals surface area contributed by atoms with Crippen molar-refractivity contribution in [2.45, 2.75) is 18.8 Å². The molecule has 3 heterocycles. The van der Waals surface area contributed by atoms with Gasteiger partial charge in [0.2, 0.25) is 5.88 Å². The fourth-order valence-electron chi connectivity index (χ4n) is 3.60. The van der Waals surface area contributed by atoms with Gasteiger partial charge >= 0.3 is 0 Å². The van der Waals surface area contributed by atoms with Crippen LogP contribution >= 0.6 is 11.7 Å². The van der Waals surface area contributed by atoms with Crippen molar-refractivity contribution in [1.82, 2.24) is 13.6 Å². The van der Waals surface area contributed by atoms with E-state index in [1.807, 2.05) is 30.3 Å². The van der Waals surface area contributed by atoms with E-state index < -0.39 is 0 Å². The normalized spacial score (nSPS) is 25.7. The molecule has 1 aromatic carbocycles. The zero-order valence-electron chi connectivity index (χ0n) is 12.9. The molecule has 3 atom stereocenters. The molecule has 2 aliphatic heterocycles. The quantitative estimate of drug-likeness (QED) is 0.814. The van der Waals surface area contributed by atoms with Crippen LogP contribution in [0, 0.1) is 17.8 Å². The summed E-state index contributed by atoms with van der Waals surface area (Å²) in [6, 6.07) is 9.95. The number of hydrogen-bond donors (Lipinski definition) is 0. The molecule has 1 aromatic heterocycles. The molecule has 2 bridgehead atoms. The van der Waals surface area contributed by atoms with Crippen LogP contribution in [0.15, 0.2) is 30.3 Å². The Hall–Kier alpha value is -1.90. The maximum atomic E-state index is 5.80. The van der Waals surface area contributed by atoms with Gasteiger partial charge in [0.1, 0.15) is 5.69 Å². The molecule has 4 rings (SSSR count). The molecule has 118 valence electrons. The van der Waals surface area contributed by atoms with Crippen LogP contribution in [-0.2, 0) is 0 Å².